The minimum absolute atomic E-state index is 0.0256. The first kappa shape index (κ1) is 19.1. The van der Waals surface area contributed by atoms with Crippen LogP contribution in [0.1, 0.15) is 13.3 Å². The Morgan fingerprint density at radius 1 is 1.19 bits per heavy atom. The minimum Gasteiger partial charge on any atom is -0.369 e. The number of nitrogens with zero attached hydrogens (tertiary/aromatic N) is 3. The summed E-state index contributed by atoms with van der Waals surface area (Å²) >= 11 is 0. The molecule has 144 valence electrons. The quantitative estimate of drug-likeness (QED) is 0.776. The second-order valence-electron chi connectivity index (χ2n) is 7.18. The topological polar surface area (TPSA) is 60.9 Å². The summed E-state index contributed by atoms with van der Waals surface area (Å²) in [5.41, 5.74) is 0.985. The Labute approximate surface area is 154 Å². The van der Waals surface area contributed by atoms with Gasteiger partial charge in [0.05, 0.1) is 17.5 Å². The van der Waals surface area contributed by atoms with Crippen LogP contribution in [-0.4, -0.2) is 80.9 Å². The zero-order chi connectivity index (χ0) is 18.9. The van der Waals surface area contributed by atoms with Crippen LogP contribution in [0.2, 0.25) is 0 Å². The third kappa shape index (κ3) is 4.17. The normalized spacial score (nSPS) is 24.4. The van der Waals surface area contributed by atoms with Crippen LogP contribution in [0, 0.1) is 5.82 Å². The summed E-state index contributed by atoms with van der Waals surface area (Å²) in [7, 11) is -1.30. The van der Waals surface area contributed by atoms with E-state index in [2.05, 4.69) is 9.80 Å². The van der Waals surface area contributed by atoms with Crippen molar-refractivity contribution in [1.29, 1.82) is 0 Å². The highest BCUT2D eigenvalue weighted by molar-refractivity contribution is 7.91. The number of carbonyl (C=O) groups excluding carboxylic acids is 1. The number of rotatable bonds is 4. The maximum Gasteiger partial charge on any atom is 0.239 e. The van der Waals surface area contributed by atoms with Crippen LogP contribution in [0.5, 0.6) is 0 Å². The van der Waals surface area contributed by atoms with E-state index in [4.69, 9.17) is 0 Å². The van der Waals surface area contributed by atoms with Crippen molar-refractivity contribution in [1.82, 2.24) is 9.80 Å². The second-order valence-corrected chi connectivity index (χ2v) is 9.41. The number of sulfone groups is 1. The molecule has 2 fully saturated rings. The fourth-order valence-electron chi connectivity index (χ4n) is 3.73. The molecule has 0 spiro atoms. The van der Waals surface area contributed by atoms with Gasteiger partial charge in [0.1, 0.15) is 5.82 Å². The van der Waals surface area contributed by atoms with E-state index in [1.807, 2.05) is 6.92 Å². The molecule has 0 aliphatic carbocycles. The van der Waals surface area contributed by atoms with Gasteiger partial charge in [0, 0.05) is 45.0 Å². The summed E-state index contributed by atoms with van der Waals surface area (Å²) in [4.78, 5) is 18.7. The molecule has 2 aliphatic heterocycles. The highest BCUT2D eigenvalue weighted by Crippen LogP contribution is 2.20. The molecule has 2 unspecified atom stereocenters. The van der Waals surface area contributed by atoms with Crippen molar-refractivity contribution < 1.29 is 17.6 Å². The van der Waals surface area contributed by atoms with Crippen LogP contribution in [-0.2, 0) is 14.6 Å². The molecule has 1 amide bonds. The Hall–Kier alpha value is -1.67. The first-order valence-electron chi connectivity index (χ1n) is 8.98. The first-order chi connectivity index (χ1) is 12.3. The van der Waals surface area contributed by atoms with Crippen molar-refractivity contribution in [2.45, 2.75) is 25.4 Å². The van der Waals surface area contributed by atoms with E-state index in [-0.39, 0.29) is 35.3 Å². The van der Waals surface area contributed by atoms with Gasteiger partial charge in [0.25, 0.3) is 0 Å². The van der Waals surface area contributed by atoms with Crippen LogP contribution in [0.3, 0.4) is 0 Å². The van der Waals surface area contributed by atoms with Crippen molar-refractivity contribution in [3.05, 3.63) is 30.1 Å². The van der Waals surface area contributed by atoms with E-state index >= 15 is 0 Å². The molecule has 0 aromatic heterocycles. The molecular weight excluding hydrogens is 357 g/mol. The molecule has 2 aliphatic rings. The molecule has 0 radical (unpaired) electrons. The van der Waals surface area contributed by atoms with Gasteiger partial charge in [-0.1, -0.05) is 0 Å². The third-order valence-electron chi connectivity index (χ3n) is 5.51. The average molecular weight is 383 g/mol. The molecule has 26 heavy (non-hydrogen) atoms. The lowest BCUT2D eigenvalue weighted by molar-refractivity contribution is -0.136. The third-order valence-corrected chi connectivity index (χ3v) is 7.27. The molecule has 3 rings (SSSR count). The fourth-order valence-corrected chi connectivity index (χ4v) is 5.51. The smallest absolute Gasteiger partial charge is 0.239 e. The summed E-state index contributed by atoms with van der Waals surface area (Å²) in [6, 6.07) is 5.97. The Morgan fingerprint density at radius 2 is 1.81 bits per heavy atom. The van der Waals surface area contributed by atoms with Crippen molar-refractivity contribution in [3.63, 3.8) is 0 Å². The van der Waals surface area contributed by atoms with Gasteiger partial charge in [-0.25, -0.2) is 12.8 Å². The van der Waals surface area contributed by atoms with Crippen LogP contribution in [0.4, 0.5) is 10.1 Å². The SMILES string of the molecule is CC(C(=O)N(C)C1CCS(=O)(=O)C1)N1CCN(c2ccc(F)cc2)CC1. The van der Waals surface area contributed by atoms with Gasteiger partial charge >= 0.3 is 0 Å². The number of halogens is 1. The van der Waals surface area contributed by atoms with Crippen LogP contribution in [0.15, 0.2) is 24.3 Å². The maximum atomic E-state index is 13.1. The summed E-state index contributed by atoms with van der Waals surface area (Å²) in [5, 5.41) is 0. The van der Waals surface area contributed by atoms with Gasteiger partial charge in [0.2, 0.25) is 5.91 Å². The Morgan fingerprint density at radius 3 is 2.35 bits per heavy atom. The largest absolute Gasteiger partial charge is 0.369 e. The first-order valence-corrected chi connectivity index (χ1v) is 10.8. The summed E-state index contributed by atoms with van der Waals surface area (Å²) in [6.07, 6.45) is 0.523. The highest BCUT2D eigenvalue weighted by Gasteiger charge is 2.35. The molecule has 2 heterocycles. The molecule has 0 bridgehead atoms. The molecule has 0 N–H and O–H groups in total. The molecule has 1 aromatic carbocycles. The number of anilines is 1. The molecule has 6 nitrogen and oxygen atoms in total. The molecule has 8 heteroatoms. The summed E-state index contributed by atoms with van der Waals surface area (Å²) in [6.45, 7) is 4.90. The Bertz CT molecular complexity index is 745. The lowest BCUT2D eigenvalue weighted by Crippen LogP contribution is -2.55. The van der Waals surface area contributed by atoms with E-state index in [0.717, 1.165) is 31.9 Å². The zero-order valence-electron chi connectivity index (χ0n) is 15.3. The predicted octanol–water partition coefficient (Wildman–Crippen LogP) is 0.982. The van der Waals surface area contributed by atoms with E-state index in [9.17, 15) is 17.6 Å². The van der Waals surface area contributed by atoms with Crippen molar-refractivity contribution in [2.75, 3.05) is 49.6 Å². The summed E-state index contributed by atoms with van der Waals surface area (Å²) < 4.78 is 36.4. The van der Waals surface area contributed by atoms with Crippen molar-refractivity contribution in [2.24, 2.45) is 0 Å². The average Bonchev–Trinajstić information content (AvgIpc) is 3.00. The maximum absolute atomic E-state index is 13.1. The lowest BCUT2D eigenvalue weighted by atomic mass is 10.1. The fraction of sp³-hybridized carbons (Fsp3) is 0.611. The van der Waals surface area contributed by atoms with Gasteiger partial charge in [0.15, 0.2) is 9.84 Å². The summed E-state index contributed by atoms with van der Waals surface area (Å²) in [5.74, 6) is -0.0359. The van der Waals surface area contributed by atoms with Crippen molar-refractivity contribution in [3.8, 4) is 0 Å². The predicted molar refractivity (Wildman–Crippen MR) is 99.5 cm³/mol. The van der Waals surface area contributed by atoms with Crippen molar-refractivity contribution >= 4 is 21.4 Å². The second kappa shape index (κ2) is 7.52. The van der Waals surface area contributed by atoms with Gasteiger partial charge in [-0.15, -0.1) is 0 Å². The standard InChI is InChI=1S/C18H26FN3O3S/c1-14(18(23)20(2)17-7-12-26(24,25)13-17)21-8-10-22(11-9-21)16-5-3-15(19)4-6-16/h3-6,14,17H,7-13H2,1-2H3. The Kier molecular flexibility index (Phi) is 5.53. The van der Waals surface area contributed by atoms with Crippen LogP contribution < -0.4 is 4.90 Å². The number of amides is 1. The molecule has 2 saturated heterocycles. The highest BCUT2D eigenvalue weighted by atomic mass is 32.2. The van der Waals surface area contributed by atoms with Gasteiger partial charge in [-0.2, -0.15) is 0 Å². The molecular formula is C18H26FN3O3S. The van der Waals surface area contributed by atoms with E-state index in [0.29, 0.717) is 6.42 Å². The molecule has 0 saturated carbocycles. The van der Waals surface area contributed by atoms with E-state index in [1.165, 1.54) is 12.1 Å². The molecule has 2 atom stereocenters. The van der Waals surface area contributed by atoms with E-state index in [1.54, 1.807) is 24.1 Å². The number of piperazine rings is 1. The minimum atomic E-state index is -3.01. The Balaban J connectivity index is 1.55. The monoisotopic (exact) mass is 383 g/mol. The lowest BCUT2D eigenvalue weighted by Gasteiger charge is -2.40. The number of hydrogen-bond acceptors (Lipinski definition) is 5. The zero-order valence-corrected chi connectivity index (χ0v) is 16.1. The number of benzene rings is 1. The number of hydrogen-bond donors (Lipinski definition) is 0. The van der Waals surface area contributed by atoms with E-state index < -0.39 is 9.84 Å². The number of likely N-dealkylation sites (N-methyl/N-ethyl adjacent to an activating group) is 1. The van der Waals surface area contributed by atoms with Gasteiger partial charge in [-0.3, -0.25) is 9.69 Å². The van der Waals surface area contributed by atoms with Crippen LogP contribution in [0.25, 0.3) is 0 Å². The number of carbonyl (C=O) groups is 1. The van der Waals surface area contributed by atoms with Crippen LogP contribution >= 0.6 is 0 Å². The van der Waals surface area contributed by atoms with Gasteiger partial charge in [-0.05, 0) is 37.6 Å². The molecule has 1 aromatic rings. The van der Waals surface area contributed by atoms with Gasteiger partial charge < -0.3 is 9.80 Å².